The molecule has 1 atom stereocenters. The van der Waals surface area contributed by atoms with Crippen LogP contribution in [0.5, 0.6) is 0 Å². The van der Waals surface area contributed by atoms with E-state index < -0.39 is 5.97 Å². The number of aromatic nitrogens is 1. The number of amides is 2. The second kappa shape index (κ2) is 5.16. The van der Waals surface area contributed by atoms with Gasteiger partial charge in [0.1, 0.15) is 5.01 Å². The van der Waals surface area contributed by atoms with Gasteiger partial charge in [0.15, 0.2) is 5.69 Å². The van der Waals surface area contributed by atoms with Crippen molar-refractivity contribution < 1.29 is 14.7 Å². The molecule has 6 nitrogen and oxygen atoms in total. The summed E-state index contributed by atoms with van der Waals surface area (Å²) in [5.74, 6) is -0.500. The summed E-state index contributed by atoms with van der Waals surface area (Å²) in [6.45, 7) is 5.29. The highest BCUT2D eigenvalue weighted by molar-refractivity contribution is 7.09. The smallest absolute Gasteiger partial charge is 0.355 e. The van der Waals surface area contributed by atoms with E-state index in [-0.39, 0.29) is 18.3 Å². The Hall–Kier alpha value is -1.63. The van der Waals surface area contributed by atoms with Gasteiger partial charge in [0.05, 0.1) is 6.54 Å². The third kappa shape index (κ3) is 3.66. The van der Waals surface area contributed by atoms with Crippen molar-refractivity contribution in [3.05, 3.63) is 16.1 Å². The Balaban J connectivity index is 1.69. The van der Waals surface area contributed by atoms with Crippen molar-refractivity contribution in [3.8, 4) is 0 Å². The zero-order chi connectivity index (χ0) is 14.0. The Morgan fingerprint density at radius 2 is 2.21 bits per heavy atom. The number of carboxylic acids is 1. The molecule has 2 amide bonds. The molecule has 7 heteroatoms. The molecule has 0 radical (unpaired) electrons. The fourth-order valence-corrected chi connectivity index (χ4v) is 2.56. The minimum Gasteiger partial charge on any atom is -0.476 e. The molecule has 1 fully saturated rings. The predicted octanol–water partition coefficient (Wildman–Crippen LogP) is 1.69. The minimum absolute atomic E-state index is 0.0157. The number of nitrogens with one attached hydrogen (secondary N) is 2. The first-order chi connectivity index (χ1) is 8.88. The molecule has 0 aliphatic heterocycles. The molecule has 0 aromatic carbocycles. The van der Waals surface area contributed by atoms with Crippen LogP contribution < -0.4 is 10.6 Å². The van der Waals surface area contributed by atoms with Crippen molar-refractivity contribution in [3.63, 3.8) is 0 Å². The molecule has 1 aliphatic rings. The predicted molar refractivity (Wildman–Crippen MR) is 71.2 cm³/mol. The Bertz CT molecular complexity index is 498. The number of hydrogen-bond donors (Lipinski definition) is 3. The van der Waals surface area contributed by atoms with E-state index >= 15 is 0 Å². The van der Waals surface area contributed by atoms with Gasteiger partial charge in [-0.1, -0.05) is 13.8 Å². The van der Waals surface area contributed by atoms with Crippen molar-refractivity contribution in [1.82, 2.24) is 15.6 Å². The van der Waals surface area contributed by atoms with Crippen LogP contribution in [0.4, 0.5) is 4.79 Å². The Kier molecular flexibility index (Phi) is 3.75. The lowest BCUT2D eigenvalue weighted by Crippen LogP contribution is -2.36. The molecule has 3 N–H and O–H groups in total. The molecule has 1 aliphatic carbocycles. The molecule has 1 aromatic rings. The van der Waals surface area contributed by atoms with Gasteiger partial charge in [-0.15, -0.1) is 11.3 Å². The summed E-state index contributed by atoms with van der Waals surface area (Å²) in [6, 6.07) is -0.241. The van der Waals surface area contributed by atoms with Crippen LogP contribution in [-0.4, -0.2) is 28.6 Å². The Morgan fingerprint density at radius 1 is 1.53 bits per heavy atom. The number of rotatable bonds is 5. The van der Waals surface area contributed by atoms with Crippen LogP contribution in [0.2, 0.25) is 0 Å². The van der Waals surface area contributed by atoms with Crippen molar-refractivity contribution in [1.29, 1.82) is 0 Å². The molecule has 19 heavy (non-hydrogen) atoms. The standard InChI is InChI=1S/C12H17N3O3S/c1-12(2)3-7(12)4-13-11(18)14-5-9-15-8(6-19-9)10(16)17/h6-7H,3-5H2,1-2H3,(H,16,17)(H2,13,14,18). The maximum Gasteiger partial charge on any atom is 0.355 e. The molecule has 104 valence electrons. The van der Waals surface area contributed by atoms with Crippen molar-refractivity contribution in [2.24, 2.45) is 11.3 Å². The van der Waals surface area contributed by atoms with E-state index in [1.165, 1.54) is 16.7 Å². The van der Waals surface area contributed by atoms with Crippen molar-refractivity contribution in [2.45, 2.75) is 26.8 Å². The topological polar surface area (TPSA) is 91.3 Å². The van der Waals surface area contributed by atoms with Crippen LogP contribution in [0.3, 0.4) is 0 Å². The molecule has 0 bridgehead atoms. The van der Waals surface area contributed by atoms with Crippen LogP contribution >= 0.6 is 11.3 Å². The molecular formula is C12H17N3O3S. The SMILES string of the molecule is CC1(C)CC1CNC(=O)NCc1nc(C(=O)O)cs1. The van der Waals surface area contributed by atoms with Crippen molar-refractivity contribution >= 4 is 23.3 Å². The van der Waals surface area contributed by atoms with Gasteiger partial charge in [0.25, 0.3) is 0 Å². The summed E-state index contributed by atoms with van der Waals surface area (Å²) in [6.07, 6.45) is 1.14. The van der Waals surface area contributed by atoms with E-state index in [0.717, 1.165) is 6.42 Å². The van der Waals surface area contributed by atoms with Gasteiger partial charge in [0, 0.05) is 11.9 Å². The third-order valence-corrected chi connectivity index (χ3v) is 4.25. The highest BCUT2D eigenvalue weighted by Crippen LogP contribution is 2.50. The lowest BCUT2D eigenvalue weighted by molar-refractivity contribution is 0.0691. The van der Waals surface area contributed by atoms with Gasteiger partial charge >= 0.3 is 12.0 Å². The van der Waals surface area contributed by atoms with Gasteiger partial charge in [0.2, 0.25) is 0 Å². The second-order valence-electron chi connectivity index (χ2n) is 5.38. The van der Waals surface area contributed by atoms with Gasteiger partial charge in [-0.3, -0.25) is 0 Å². The van der Waals surface area contributed by atoms with Crippen LogP contribution in [0.1, 0.15) is 35.8 Å². The zero-order valence-electron chi connectivity index (χ0n) is 10.9. The number of carbonyl (C=O) groups is 2. The third-order valence-electron chi connectivity index (χ3n) is 3.40. The lowest BCUT2D eigenvalue weighted by atomic mass is 10.1. The minimum atomic E-state index is -1.05. The van der Waals surface area contributed by atoms with Gasteiger partial charge in [-0.25, -0.2) is 14.6 Å². The average Bonchev–Trinajstić information content (AvgIpc) is 2.78. The quantitative estimate of drug-likeness (QED) is 0.767. The molecule has 0 saturated heterocycles. The molecular weight excluding hydrogens is 266 g/mol. The summed E-state index contributed by atoms with van der Waals surface area (Å²) >= 11 is 1.22. The number of hydrogen-bond acceptors (Lipinski definition) is 4. The highest BCUT2D eigenvalue weighted by atomic mass is 32.1. The summed E-state index contributed by atoms with van der Waals surface area (Å²) < 4.78 is 0. The number of carboxylic acid groups (broad SMARTS) is 1. The first-order valence-corrected chi connectivity index (χ1v) is 6.96. The highest BCUT2D eigenvalue weighted by Gasteiger charge is 2.45. The summed E-state index contributed by atoms with van der Waals surface area (Å²) in [5.41, 5.74) is 0.362. The molecule has 1 saturated carbocycles. The van der Waals surface area contributed by atoms with E-state index in [1.54, 1.807) is 0 Å². The Morgan fingerprint density at radius 3 is 2.74 bits per heavy atom. The first kappa shape index (κ1) is 13.8. The fraction of sp³-hybridized carbons (Fsp3) is 0.583. The van der Waals surface area contributed by atoms with Gasteiger partial charge in [-0.2, -0.15) is 0 Å². The number of urea groups is 1. The number of nitrogens with zero attached hydrogens (tertiary/aromatic N) is 1. The number of thiazole rings is 1. The van der Waals surface area contributed by atoms with Gasteiger partial charge in [-0.05, 0) is 17.8 Å². The van der Waals surface area contributed by atoms with Crippen molar-refractivity contribution in [2.75, 3.05) is 6.54 Å². The lowest BCUT2D eigenvalue weighted by Gasteiger charge is -2.07. The van der Waals surface area contributed by atoms with Crippen LogP contribution in [0.25, 0.3) is 0 Å². The molecule has 1 unspecified atom stereocenters. The molecule has 1 aromatic heterocycles. The maximum atomic E-state index is 11.5. The zero-order valence-corrected chi connectivity index (χ0v) is 11.7. The van der Waals surface area contributed by atoms with E-state index in [4.69, 9.17) is 5.11 Å². The van der Waals surface area contributed by atoms with E-state index in [9.17, 15) is 9.59 Å². The number of carbonyl (C=O) groups excluding carboxylic acids is 1. The summed E-state index contributed by atoms with van der Waals surface area (Å²) in [7, 11) is 0. The van der Waals surface area contributed by atoms with Gasteiger partial charge < -0.3 is 15.7 Å². The monoisotopic (exact) mass is 283 g/mol. The molecule has 0 spiro atoms. The summed E-state index contributed by atoms with van der Waals surface area (Å²) in [4.78, 5) is 26.1. The molecule has 2 rings (SSSR count). The van der Waals surface area contributed by atoms with E-state index in [0.29, 0.717) is 22.9 Å². The molecule has 1 heterocycles. The summed E-state index contributed by atoms with van der Waals surface area (Å²) in [5, 5.41) is 16.2. The maximum absolute atomic E-state index is 11.5. The van der Waals surface area contributed by atoms with E-state index in [1.807, 2.05) is 0 Å². The van der Waals surface area contributed by atoms with Crippen LogP contribution in [0.15, 0.2) is 5.38 Å². The van der Waals surface area contributed by atoms with Crippen LogP contribution in [-0.2, 0) is 6.54 Å². The largest absolute Gasteiger partial charge is 0.476 e. The second-order valence-corrected chi connectivity index (χ2v) is 6.33. The fourth-order valence-electron chi connectivity index (χ4n) is 1.85. The average molecular weight is 283 g/mol. The normalized spacial score (nSPS) is 19.8. The first-order valence-electron chi connectivity index (χ1n) is 6.08. The van der Waals surface area contributed by atoms with Crippen LogP contribution in [0, 0.1) is 11.3 Å². The van der Waals surface area contributed by atoms with E-state index in [2.05, 4.69) is 29.5 Å². The Labute approximate surface area is 115 Å². The number of aromatic carboxylic acids is 1.